The summed E-state index contributed by atoms with van der Waals surface area (Å²) >= 11 is 0. The number of benzene rings is 1. The van der Waals surface area contributed by atoms with Crippen molar-refractivity contribution >= 4 is 16.9 Å². The van der Waals surface area contributed by atoms with Crippen molar-refractivity contribution in [1.82, 2.24) is 20.1 Å². The van der Waals surface area contributed by atoms with Crippen molar-refractivity contribution in [2.45, 2.75) is 32.2 Å². The first-order valence-electron chi connectivity index (χ1n) is 9.04. The van der Waals surface area contributed by atoms with Crippen LogP contribution >= 0.6 is 0 Å². The fourth-order valence-electron chi connectivity index (χ4n) is 4.07. The first-order chi connectivity index (χ1) is 11.7. The summed E-state index contributed by atoms with van der Waals surface area (Å²) in [6.45, 7) is 7.11. The van der Waals surface area contributed by atoms with Gasteiger partial charge in [-0.15, -0.1) is 0 Å². The van der Waals surface area contributed by atoms with Crippen LogP contribution in [0, 0.1) is 6.92 Å². The minimum absolute atomic E-state index is 0.127. The number of carbonyl (C=O) groups is 1. The number of fused-ring (bicyclic) bond motifs is 1. The average Bonchev–Trinajstić information content (AvgIpc) is 3.19. The molecule has 3 heterocycles. The van der Waals surface area contributed by atoms with Crippen LogP contribution in [0.3, 0.4) is 0 Å². The number of piperidine rings is 1. The summed E-state index contributed by atoms with van der Waals surface area (Å²) in [7, 11) is 0. The van der Waals surface area contributed by atoms with E-state index in [9.17, 15) is 4.79 Å². The van der Waals surface area contributed by atoms with Gasteiger partial charge < -0.3 is 20.1 Å². The number of urea groups is 1. The third-order valence-corrected chi connectivity index (χ3v) is 5.51. The van der Waals surface area contributed by atoms with E-state index in [1.165, 1.54) is 22.0 Å². The molecule has 4 rings (SSSR count). The maximum Gasteiger partial charge on any atom is 0.317 e. The van der Waals surface area contributed by atoms with Crippen LogP contribution in [0.2, 0.25) is 0 Å². The molecule has 0 unspecified atom stereocenters. The van der Waals surface area contributed by atoms with E-state index < -0.39 is 0 Å². The maximum absolute atomic E-state index is 11.8. The van der Waals surface area contributed by atoms with Gasteiger partial charge in [-0.3, -0.25) is 0 Å². The van der Waals surface area contributed by atoms with Gasteiger partial charge in [0.25, 0.3) is 0 Å². The lowest BCUT2D eigenvalue weighted by Crippen LogP contribution is -2.46. The highest BCUT2D eigenvalue weighted by atomic mass is 16.2. The highest BCUT2D eigenvalue weighted by molar-refractivity contribution is 5.83. The first-order valence-corrected chi connectivity index (χ1v) is 9.04. The molecule has 0 spiro atoms. The number of hydrogen-bond donors (Lipinski definition) is 2. The highest BCUT2D eigenvalue weighted by Crippen LogP contribution is 2.22. The van der Waals surface area contributed by atoms with Crippen molar-refractivity contribution in [2.75, 3.05) is 32.7 Å². The number of aromatic amines is 1. The lowest BCUT2D eigenvalue weighted by Gasteiger charge is -2.36. The van der Waals surface area contributed by atoms with Crippen molar-refractivity contribution in [3.63, 3.8) is 0 Å². The topological polar surface area (TPSA) is 51.4 Å². The Labute approximate surface area is 143 Å². The fourth-order valence-corrected chi connectivity index (χ4v) is 4.07. The normalized spacial score (nSPS) is 20.0. The number of aryl methyl sites for hydroxylation is 1. The molecular formula is C19H26N4O. The summed E-state index contributed by atoms with van der Waals surface area (Å²) in [5.41, 5.74) is 3.96. The minimum Gasteiger partial charge on any atom is -0.361 e. The molecule has 0 bridgehead atoms. The van der Waals surface area contributed by atoms with E-state index in [4.69, 9.17) is 0 Å². The van der Waals surface area contributed by atoms with Gasteiger partial charge >= 0.3 is 6.03 Å². The molecule has 0 saturated carbocycles. The molecule has 0 atom stereocenters. The molecule has 5 heteroatoms. The lowest BCUT2D eigenvalue weighted by atomic mass is 10.0. The number of nitrogens with zero attached hydrogens (tertiary/aromatic N) is 2. The van der Waals surface area contributed by atoms with Gasteiger partial charge in [0.1, 0.15) is 0 Å². The quantitative estimate of drug-likeness (QED) is 0.907. The van der Waals surface area contributed by atoms with E-state index in [1.54, 1.807) is 0 Å². The van der Waals surface area contributed by atoms with E-state index in [1.807, 2.05) is 4.90 Å². The molecule has 0 radical (unpaired) electrons. The molecule has 2 aromatic rings. The highest BCUT2D eigenvalue weighted by Gasteiger charge is 2.30. The predicted molar refractivity (Wildman–Crippen MR) is 96.3 cm³/mol. The Kier molecular flexibility index (Phi) is 4.19. The summed E-state index contributed by atoms with van der Waals surface area (Å²) < 4.78 is 0. The number of aromatic nitrogens is 1. The van der Waals surface area contributed by atoms with Crippen LogP contribution in [-0.2, 0) is 6.42 Å². The van der Waals surface area contributed by atoms with E-state index in [0.29, 0.717) is 6.04 Å². The van der Waals surface area contributed by atoms with Gasteiger partial charge in [0.15, 0.2) is 0 Å². The van der Waals surface area contributed by atoms with Crippen LogP contribution in [0.25, 0.3) is 10.9 Å². The predicted octanol–water partition coefficient (Wildman–Crippen LogP) is 2.51. The Hall–Kier alpha value is -2.01. The zero-order valence-electron chi connectivity index (χ0n) is 14.3. The van der Waals surface area contributed by atoms with Crippen LogP contribution in [0.15, 0.2) is 24.4 Å². The summed E-state index contributed by atoms with van der Waals surface area (Å²) in [5, 5.41) is 4.27. The zero-order valence-corrected chi connectivity index (χ0v) is 14.3. The van der Waals surface area contributed by atoms with Gasteiger partial charge in [0, 0.05) is 55.9 Å². The van der Waals surface area contributed by atoms with Crippen molar-refractivity contribution in [3.8, 4) is 0 Å². The Morgan fingerprint density at radius 2 is 2.04 bits per heavy atom. The second kappa shape index (κ2) is 6.48. The van der Waals surface area contributed by atoms with Crippen LogP contribution in [-0.4, -0.2) is 59.6 Å². The van der Waals surface area contributed by atoms with Gasteiger partial charge in [-0.05, 0) is 43.9 Å². The molecule has 1 aromatic heterocycles. The van der Waals surface area contributed by atoms with E-state index >= 15 is 0 Å². The number of carbonyl (C=O) groups excluding carboxylic acids is 1. The molecule has 24 heavy (non-hydrogen) atoms. The standard InChI is InChI=1S/C19H26N4O/c1-14-2-3-18-17(12-14)15(13-21-18)4-8-22-9-5-16(6-10-22)23-11-7-20-19(23)24/h2-3,12-13,16,21H,4-11H2,1H3,(H,20,24). The van der Waals surface area contributed by atoms with Crippen LogP contribution in [0.5, 0.6) is 0 Å². The molecule has 2 fully saturated rings. The second-order valence-corrected chi connectivity index (χ2v) is 7.11. The molecule has 2 N–H and O–H groups in total. The Morgan fingerprint density at radius 1 is 1.21 bits per heavy atom. The Bertz CT molecular complexity index is 730. The Morgan fingerprint density at radius 3 is 2.79 bits per heavy atom. The van der Waals surface area contributed by atoms with Crippen LogP contribution in [0.1, 0.15) is 24.0 Å². The smallest absolute Gasteiger partial charge is 0.317 e. The van der Waals surface area contributed by atoms with Gasteiger partial charge in [0.2, 0.25) is 0 Å². The molecule has 2 aliphatic heterocycles. The summed E-state index contributed by atoms with van der Waals surface area (Å²) in [5.74, 6) is 0. The fraction of sp³-hybridized carbons (Fsp3) is 0.526. The van der Waals surface area contributed by atoms with Gasteiger partial charge in [0.05, 0.1) is 0 Å². The lowest BCUT2D eigenvalue weighted by molar-refractivity contribution is 0.137. The Balaban J connectivity index is 1.32. The van der Waals surface area contributed by atoms with Crippen LogP contribution < -0.4 is 5.32 Å². The van der Waals surface area contributed by atoms with Crippen molar-refractivity contribution in [2.24, 2.45) is 0 Å². The maximum atomic E-state index is 11.8. The van der Waals surface area contributed by atoms with Gasteiger partial charge in [-0.1, -0.05) is 11.6 Å². The third-order valence-electron chi connectivity index (χ3n) is 5.51. The number of nitrogens with one attached hydrogen (secondary N) is 2. The second-order valence-electron chi connectivity index (χ2n) is 7.11. The summed E-state index contributed by atoms with van der Waals surface area (Å²) in [6.07, 6.45) is 5.44. The van der Waals surface area contributed by atoms with E-state index in [-0.39, 0.29) is 6.03 Å². The van der Waals surface area contributed by atoms with Gasteiger partial charge in [-0.2, -0.15) is 0 Å². The number of amides is 2. The number of likely N-dealkylation sites (tertiary alicyclic amines) is 1. The molecule has 2 amide bonds. The summed E-state index contributed by atoms with van der Waals surface area (Å²) in [6, 6.07) is 7.16. The monoisotopic (exact) mass is 326 g/mol. The van der Waals surface area contributed by atoms with Crippen LogP contribution in [0.4, 0.5) is 4.79 Å². The molecule has 2 saturated heterocycles. The molecule has 0 aliphatic carbocycles. The third kappa shape index (κ3) is 3.00. The van der Waals surface area contributed by atoms with Crippen molar-refractivity contribution in [3.05, 3.63) is 35.5 Å². The number of hydrogen-bond acceptors (Lipinski definition) is 2. The zero-order chi connectivity index (χ0) is 16.5. The minimum atomic E-state index is 0.127. The SMILES string of the molecule is Cc1ccc2[nH]cc(CCN3CCC(N4CCNC4=O)CC3)c2c1. The number of H-pyrrole nitrogens is 1. The molecule has 128 valence electrons. The van der Waals surface area contributed by atoms with E-state index in [0.717, 1.165) is 52.0 Å². The van der Waals surface area contributed by atoms with Crippen molar-refractivity contribution in [1.29, 1.82) is 0 Å². The molecule has 5 nitrogen and oxygen atoms in total. The average molecular weight is 326 g/mol. The van der Waals surface area contributed by atoms with E-state index in [2.05, 4.69) is 46.5 Å². The van der Waals surface area contributed by atoms with Gasteiger partial charge in [-0.25, -0.2) is 4.79 Å². The molecular weight excluding hydrogens is 300 g/mol. The largest absolute Gasteiger partial charge is 0.361 e. The summed E-state index contributed by atoms with van der Waals surface area (Å²) in [4.78, 5) is 19.7. The first kappa shape index (κ1) is 15.5. The molecule has 1 aromatic carbocycles. The van der Waals surface area contributed by atoms with Crippen molar-refractivity contribution < 1.29 is 4.79 Å². The number of rotatable bonds is 4. The molecule has 2 aliphatic rings.